The quantitative estimate of drug-likeness (QED) is 0.274. The van der Waals surface area contributed by atoms with E-state index in [0.29, 0.717) is 17.5 Å². The number of rotatable bonds is 4. The topological polar surface area (TPSA) is 141 Å². The van der Waals surface area contributed by atoms with Gasteiger partial charge in [0, 0.05) is 22.9 Å². The molecule has 11 heteroatoms. The maximum Gasteiger partial charge on any atom is 1.00 e. The summed E-state index contributed by atoms with van der Waals surface area (Å²) in [5, 5.41) is 42.1. The van der Waals surface area contributed by atoms with Gasteiger partial charge in [0.2, 0.25) is 0 Å². The third-order valence-corrected chi connectivity index (χ3v) is 8.43. The van der Waals surface area contributed by atoms with Gasteiger partial charge in [0.05, 0.1) is 13.1 Å². The predicted octanol–water partition coefficient (Wildman–Crippen LogP) is -4.91. The minimum absolute atomic E-state index is 0. The monoisotopic (exact) mass is 497 g/mol. The van der Waals surface area contributed by atoms with Gasteiger partial charge in [0.15, 0.2) is 17.8 Å². The van der Waals surface area contributed by atoms with Gasteiger partial charge >= 0.3 is 29.6 Å². The number of benzene rings is 1. The SMILES string of the molecule is COc1ccc2c3c1O[C@H]1[C@@H](O[C@@H]4O[C@H](C(=O)[O-])[C@@H](O)C(O)[C@H]4O)C=C[C@H]4[C@H](C2)N(C)CC[C@@]341.[Na+]. The normalized spacial score (nSPS) is 43.1. The van der Waals surface area contributed by atoms with E-state index in [2.05, 4.69) is 24.1 Å². The Labute approximate surface area is 224 Å². The van der Waals surface area contributed by atoms with E-state index in [1.54, 1.807) is 7.11 Å². The fourth-order valence-electron chi connectivity index (χ4n) is 6.80. The number of piperidine rings is 1. The largest absolute Gasteiger partial charge is 1.00 e. The third-order valence-electron chi connectivity index (χ3n) is 8.43. The molecule has 10 atom stereocenters. The van der Waals surface area contributed by atoms with Crippen LogP contribution in [-0.2, 0) is 26.1 Å². The molecule has 2 saturated heterocycles. The summed E-state index contributed by atoms with van der Waals surface area (Å²) < 4.78 is 23.6. The van der Waals surface area contributed by atoms with Crippen LogP contribution in [-0.4, -0.2) is 95.8 Å². The fourth-order valence-corrected chi connectivity index (χ4v) is 6.80. The molecular weight excluding hydrogens is 469 g/mol. The van der Waals surface area contributed by atoms with Crippen LogP contribution in [0.2, 0.25) is 0 Å². The second kappa shape index (κ2) is 8.97. The van der Waals surface area contributed by atoms with E-state index in [1.807, 2.05) is 12.1 Å². The Morgan fingerprint density at radius 3 is 2.69 bits per heavy atom. The average Bonchev–Trinajstić information content (AvgIpc) is 3.17. The molecule has 2 bridgehead atoms. The molecule has 5 aliphatic rings. The van der Waals surface area contributed by atoms with Crippen LogP contribution in [0.5, 0.6) is 11.5 Å². The van der Waals surface area contributed by atoms with Gasteiger partial charge in [-0.05, 0) is 38.1 Å². The number of likely N-dealkylation sites (tertiary alicyclic amines) is 1. The number of aliphatic hydroxyl groups excluding tert-OH is 3. The molecule has 1 spiro atoms. The Morgan fingerprint density at radius 1 is 1.20 bits per heavy atom. The number of aliphatic carboxylic acids is 1. The van der Waals surface area contributed by atoms with Crippen LogP contribution >= 0.6 is 0 Å². The van der Waals surface area contributed by atoms with Crippen LogP contribution in [0.3, 0.4) is 0 Å². The van der Waals surface area contributed by atoms with Gasteiger partial charge in [0.1, 0.15) is 36.6 Å². The number of hydrogen-bond acceptors (Lipinski definition) is 10. The van der Waals surface area contributed by atoms with Crippen molar-refractivity contribution in [1.29, 1.82) is 0 Å². The molecule has 0 amide bonds. The Kier molecular flexibility index (Phi) is 6.52. The van der Waals surface area contributed by atoms with Crippen molar-refractivity contribution in [2.75, 3.05) is 20.7 Å². The molecule has 35 heavy (non-hydrogen) atoms. The van der Waals surface area contributed by atoms with Gasteiger partial charge in [-0.2, -0.15) is 0 Å². The maximum absolute atomic E-state index is 11.4. The molecule has 3 N–H and O–H groups in total. The van der Waals surface area contributed by atoms with Crippen molar-refractivity contribution in [2.24, 2.45) is 5.92 Å². The van der Waals surface area contributed by atoms with Crippen LogP contribution in [0.4, 0.5) is 0 Å². The summed E-state index contributed by atoms with van der Waals surface area (Å²) in [6.45, 7) is 0.873. The van der Waals surface area contributed by atoms with E-state index in [1.165, 1.54) is 5.56 Å². The van der Waals surface area contributed by atoms with Crippen molar-refractivity contribution < 1.29 is 73.7 Å². The number of ether oxygens (including phenoxy) is 4. The third kappa shape index (κ3) is 3.46. The first kappa shape index (κ1) is 25.4. The van der Waals surface area contributed by atoms with Gasteiger partial charge in [-0.1, -0.05) is 18.2 Å². The van der Waals surface area contributed by atoms with E-state index in [0.717, 1.165) is 24.9 Å². The molecule has 0 radical (unpaired) electrons. The number of likely N-dealkylation sites (N-methyl/N-ethyl adjacent to an activating group) is 1. The summed E-state index contributed by atoms with van der Waals surface area (Å²) in [7, 11) is 3.73. The standard InChI is InChI=1S/C24H29NO9.Na/c1-25-8-7-24-11-4-6-14(32-23-18(28)16(26)17(27)20(34-23)22(29)30)21(24)33-19-13(31-2)5-3-10(15(19)24)9-12(11)25;/h3-6,11-12,14,16-18,20-21,23,26-28H,7-9H2,1-2H3,(H,29,30);/q;+1/p-1/t11-,12-,14-,16?,17-,18+,20-,21-,23+,24-;/m0./s1. The summed E-state index contributed by atoms with van der Waals surface area (Å²) in [4.78, 5) is 13.8. The Bertz CT molecular complexity index is 1050. The molecule has 1 aromatic carbocycles. The number of nitrogens with zero attached hydrogens (tertiary/aromatic N) is 1. The zero-order valence-electron chi connectivity index (χ0n) is 19.9. The van der Waals surface area contributed by atoms with Gasteiger partial charge in [-0.15, -0.1) is 0 Å². The molecule has 2 fully saturated rings. The molecule has 3 aliphatic heterocycles. The first-order valence-electron chi connectivity index (χ1n) is 11.6. The number of carbonyl (C=O) groups excluding carboxylic acids is 1. The van der Waals surface area contributed by atoms with E-state index in [-0.39, 0.29) is 40.9 Å². The van der Waals surface area contributed by atoms with Gasteiger partial charge in [-0.25, -0.2) is 0 Å². The van der Waals surface area contributed by atoms with E-state index < -0.39 is 48.9 Å². The van der Waals surface area contributed by atoms with Crippen molar-refractivity contribution >= 4 is 5.97 Å². The summed E-state index contributed by atoms with van der Waals surface area (Å²) in [6, 6.07) is 4.30. The summed E-state index contributed by atoms with van der Waals surface area (Å²) in [6.07, 6.45) is -4.05. The minimum Gasteiger partial charge on any atom is -0.547 e. The summed E-state index contributed by atoms with van der Waals surface area (Å²) >= 11 is 0. The molecule has 2 aliphatic carbocycles. The van der Waals surface area contributed by atoms with Crippen LogP contribution in [0.1, 0.15) is 17.5 Å². The molecule has 0 aromatic heterocycles. The zero-order valence-corrected chi connectivity index (χ0v) is 21.9. The molecule has 1 aromatic rings. The fraction of sp³-hybridized carbons (Fsp3) is 0.625. The number of carbonyl (C=O) groups is 1. The molecule has 184 valence electrons. The number of methoxy groups -OCH3 is 1. The molecule has 10 nitrogen and oxygen atoms in total. The zero-order chi connectivity index (χ0) is 23.9. The van der Waals surface area contributed by atoms with E-state index in [4.69, 9.17) is 18.9 Å². The van der Waals surface area contributed by atoms with Gasteiger partial charge in [0.25, 0.3) is 0 Å². The van der Waals surface area contributed by atoms with Crippen molar-refractivity contribution in [2.45, 2.75) is 67.2 Å². The number of aliphatic hydroxyl groups is 3. The molecule has 0 saturated carbocycles. The summed E-state index contributed by atoms with van der Waals surface area (Å²) in [5.74, 6) is -0.183. The molecule has 6 rings (SSSR count). The van der Waals surface area contributed by atoms with E-state index in [9.17, 15) is 25.2 Å². The Morgan fingerprint density at radius 2 is 1.97 bits per heavy atom. The van der Waals surface area contributed by atoms with Crippen LogP contribution in [0.15, 0.2) is 24.3 Å². The molecule has 3 heterocycles. The van der Waals surface area contributed by atoms with Crippen molar-refractivity contribution in [3.8, 4) is 11.5 Å². The number of carboxylic acids is 1. The second-order valence-corrected chi connectivity index (χ2v) is 9.94. The molecule has 1 unspecified atom stereocenters. The maximum atomic E-state index is 11.4. The van der Waals surface area contributed by atoms with Gasteiger partial charge in [-0.3, -0.25) is 0 Å². The van der Waals surface area contributed by atoms with Crippen molar-refractivity contribution in [1.82, 2.24) is 4.90 Å². The van der Waals surface area contributed by atoms with Crippen LogP contribution in [0.25, 0.3) is 0 Å². The minimum atomic E-state index is -1.84. The Balaban J connectivity index is 0.00000253. The van der Waals surface area contributed by atoms with Crippen molar-refractivity contribution in [3.63, 3.8) is 0 Å². The van der Waals surface area contributed by atoms with Gasteiger partial charge < -0.3 is 49.1 Å². The van der Waals surface area contributed by atoms with E-state index >= 15 is 0 Å². The predicted molar refractivity (Wildman–Crippen MR) is 113 cm³/mol. The Hall–Kier alpha value is -1.21. The van der Waals surface area contributed by atoms with Crippen LogP contribution in [0, 0.1) is 5.92 Å². The first-order chi connectivity index (χ1) is 16.3. The molecular formula is C24H28NNaO9. The average molecular weight is 497 g/mol. The second-order valence-electron chi connectivity index (χ2n) is 9.94. The number of hydrogen-bond donors (Lipinski definition) is 3. The number of carboxylic acid groups (broad SMARTS) is 1. The smallest absolute Gasteiger partial charge is 0.547 e. The van der Waals surface area contributed by atoms with Crippen LogP contribution < -0.4 is 44.1 Å². The first-order valence-corrected chi connectivity index (χ1v) is 11.6. The summed E-state index contributed by atoms with van der Waals surface area (Å²) in [5.41, 5.74) is 1.97. The van der Waals surface area contributed by atoms with Crippen molar-refractivity contribution in [3.05, 3.63) is 35.4 Å².